The third-order valence-electron chi connectivity index (χ3n) is 2.70. The Balaban J connectivity index is 2.07. The van der Waals surface area contributed by atoms with Crippen molar-refractivity contribution in [3.05, 3.63) is 0 Å². The summed E-state index contributed by atoms with van der Waals surface area (Å²) in [4.78, 5) is 2.44. The molecule has 0 spiro atoms. The Hall–Kier alpha value is -0.590. The lowest BCUT2D eigenvalue weighted by Gasteiger charge is -2.31. The van der Waals surface area contributed by atoms with Crippen molar-refractivity contribution in [3.63, 3.8) is 0 Å². The molecule has 0 amide bonds. The Labute approximate surface area is 86.6 Å². The summed E-state index contributed by atoms with van der Waals surface area (Å²) in [6.45, 7) is 6.23. The van der Waals surface area contributed by atoms with Crippen LogP contribution in [0.25, 0.3) is 0 Å². The number of rotatable bonds is 5. The van der Waals surface area contributed by atoms with Crippen LogP contribution in [-0.2, 0) is 4.74 Å². The van der Waals surface area contributed by atoms with Crippen molar-refractivity contribution in [1.82, 2.24) is 4.90 Å². The molecule has 1 aliphatic rings. The molecule has 0 unspecified atom stereocenters. The standard InChI is InChI=1S/C11H20N2O/c1-2-14-11-5-9-13(10-6-11)8-4-3-7-12/h11H,2-6,8-10H2,1H3. The molecule has 0 atom stereocenters. The van der Waals surface area contributed by atoms with Crippen LogP contribution in [-0.4, -0.2) is 37.2 Å². The van der Waals surface area contributed by atoms with Gasteiger partial charge in [-0.1, -0.05) is 0 Å². The van der Waals surface area contributed by atoms with Gasteiger partial charge in [-0.15, -0.1) is 0 Å². The highest BCUT2D eigenvalue weighted by atomic mass is 16.5. The summed E-state index contributed by atoms with van der Waals surface area (Å²) in [5.41, 5.74) is 0. The van der Waals surface area contributed by atoms with E-state index >= 15 is 0 Å². The van der Waals surface area contributed by atoms with Crippen LogP contribution >= 0.6 is 0 Å². The molecule has 0 bridgehead atoms. The van der Waals surface area contributed by atoms with E-state index in [2.05, 4.69) is 17.9 Å². The molecule has 1 heterocycles. The van der Waals surface area contributed by atoms with E-state index in [4.69, 9.17) is 10.00 Å². The van der Waals surface area contributed by atoms with Crippen LogP contribution in [0.1, 0.15) is 32.6 Å². The molecular weight excluding hydrogens is 176 g/mol. The normalized spacial score (nSPS) is 19.4. The first kappa shape index (κ1) is 11.5. The van der Waals surface area contributed by atoms with Gasteiger partial charge in [0.05, 0.1) is 12.2 Å². The quantitative estimate of drug-likeness (QED) is 0.629. The number of hydrogen-bond acceptors (Lipinski definition) is 3. The zero-order valence-electron chi connectivity index (χ0n) is 9.04. The van der Waals surface area contributed by atoms with Crippen molar-refractivity contribution in [2.45, 2.75) is 38.7 Å². The van der Waals surface area contributed by atoms with Crippen LogP contribution in [0.4, 0.5) is 0 Å². The number of nitrogens with zero attached hydrogens (tertiary/aromatic N) is 2. The van der Waals surface area contributed by atoms with Crippen LogP contribution in [0.15, 0.2) is 0 Å². The number of hydrogen-bond donors (Lipinski definition) is 0. The molecule has 0 aliphatic carbocycles. The molecule has 0 saturated carbocycles. The van der Waals surface area contributed by atoms with Crippen LogP contribution in [0.3, 0.4) is 0 Å². The number of likely N-dealkylation sites (tertiary alicyclic amines) is 1. The fourth-order valence-corrected chi connectivity index (χ4v) is 1.92. The summed E-state index contributed by atoms with van der Waals surface area (Å²) >= 11 is 0. The molecule has 80 valence electrons. The molecule has 14 heavy (non-hydrogen) atoms. The zero-order valence-corrected chi connectivity index (χ0v) is 9.04. The van der Waals surface area contributed by atoms with Crippen LogP contribution in [0.2, 0.25) is 0 Å². The van der Waals surface area contributed by atoms with E-state index in [9.17, 15) is 0 Å². The van der Waals surface area contributed by atoms with Gasteiger partial charge in [-0.3, -0.25) is 0 Å². The van der Waals surface area contributed by atoms with Crippen molar-refractivity contribution < 1.29 is 4.74 Å². The highest BCUT2D eigenvalue weighted by Crippen LogP contribution is 2.13. The van der Waals surface area contributed by atoms with E-state index in [1.54, 1.807) is 0 Å². The van der Waals surface area contributed by atoms with Gasteiger partial charge in [-0.2, -0.15) is 5.26 Å². The largest absolute Gasteiger partial charge is 0.378 e. The first-order chi connectivity index (χ1) is 6.86. The molecule has 1 aliphatic heterocycles. The van der Waals surface area contributed by atoms with Gasteiger partial charge in [-0.25, -0.2) is 0 Å². The second kappa shape index (κ2) is 6.80. The highest BCUT2D eigenvalue weighted by molar-refractivity contribution is 4.74. The fraction of sp³-hybridized carbons (Fsp3) is 0.909. The van der Waals surface area contributed by atoms with E-state index in [0.29, 0.717) is 12.5 Å². The SMILES string of the molecule is CCOC1CCN(CCCC#N)CC1. The van der Waals surface area contributed by atoms with Crippen molar-refractivity contribution in [3.8, 4) is 6.07 Å². The monoisotopic (exact) mass is 196 g/mol. The number of unbranched alkanes of at least 4 members (excludes halogenated alkanes) is 1. The Kier molecular flexibility index (Phi) is 5.58. The number of ether oxygens (including phenoxy) is 1. The Morgan fingerprint density at radius 2 is 2.14 bits per heavy atom. The maximum absolute atomic E-state index is 8.42. The first-order valence-electron chi connectivity index (χ1n) is 5.57. The van der Waals surface area contributed by atoms with E-state index < -0.39 is 0 Å². The smallest absolute Gasteiger partial charge is 0.0622 e. The van der Waals surface area contributed by atoms with Gasteiger partial charge in [0, 0.05) is 26.1 Å². The summed E-state index contributed by atoms with van der Waals surface area (Å²) in [6, 6.07) is 2.18. The number of nitriles is 1. The molecule has 1 rings (SSSR count). The van der Waals surface area contributed by atoms with E-state index in [0.717, 1.165) is 45.5 Å². The Bertz CT molecular complexity index is 180. The summed E-state index contributed by atoms with van der Waals surface area (Å²) in [5, 5.41) is 8.42. The van der Waals surface area contributed by atoms with E-state index in [-0.39, 0.29) is 0 Å². The summed E-state index contributed by atoms with van der Waals surface area (Å²) in [5.74, 6) is 0. The molecule has 3 nitrogen and oxygen atoms in total. The lowest BCUT2D eigenvalue weighted by atomic mass is 10.1. The van der Waals surface area contributed by atoms with Crippen molar-refractivity contribution in [1.29, 1.82) is 5.26 Å². The minimum atomic E-state index is 0.479. The number of piperidine rings is 1. The van der Waals surface area contributed by atoms with Gasteiger partial charge in [0.1, 0.15) is 0 Å². The molecule has 1 fully saturated rings. The van der Waals surface area contributed by atoms with Crippen LogP contribution in [0.5, 0.6) is 0 Å². The average molecular weight is 196 g/mol. The molecule has 3 heteroatoms. The van der Waals surface area contributed by atoms with Gasteiger partial charge >= 0.3 is 0 Å². The van der Waals surface area contributed by atoms with Gasteiger partial charge in [0.25, 0.3) is 0 Å². The first-order valence-corrected chi connectivity index (χ1v) is 5.57. The van der Waals surface area contributed by atoms with Crippen LogP contribution < -0.4 is 0 Å². The average Bonchev–Trinajstić information content (AvgIpc) is 2.21. The Morgan fingerprint density at radius 3 is 2.71 bits per heavy atom. The van der Waals surface area contributed by atoms with Crippen molar-refractivity contribution in [2.24, 2.45) is 0 Å². The third kappa shape index (κ3) is 4.08. The molecule has 0 aromatic carbocycles. The van der Waals surface area contributed by atoms with E-state index in [1.165, 1.54) is 0 Å². The minimum absolute atomic E-state index is 0.479. The summed E-state index contributed by atoms with van der Waals surface area (Å²) < 4.78 is 5.58. The lowest BCUT2D eigenvalue weighted by Crippen LogP contribution is -2.37. The molecule has 0 aromatic heterocycles. The van der Waals surface area contributed by atoms with Gasteiger partial charge in [0.15, 0.2) is 0 Å². The molecule has 0 N–H and O–H groups in total. The predicted octanol–water partition coefficient (Wildman–Crippen LogP) is 1.79. The lowest BCUT2D eigenvalue weighted by molar-refractivity contribution is 0.0142. The fourth-order valence-electron chi connectivity index (χ4n) is 1.92. The molecular formula is C11H20N2O. The van der Waals surface area contributed by atoms with Crippen molar-refractivity contribution in [2.75, 3.05) is 26.2 Å². The Morgan fingerprint density at radius 1 is 1.43 bits per heavy atom. The second-order valence-electron chi connectivity index (χ2n) is 3.76. The summed E-state index contributed by atoms with van der Waals surface area (Å²) in [6.07, 6.45) is 4.48. The molecule has 1 saturated heterocycles. The molecule has 0 radical (unpaired) electrons. The molecule has 0 aromatic rings. The van der Waals surface area contributed by atoms with Crippen molar-refractivity contribution >= 4 is 0 Å². The maximum Gasteiger partial charge on any atom is 0.0622 e. The minimum Gasteiger partial charge on any atom is -0.378 e. The van der Waals surface area contributed by atoms with Crippen LogP contribution in [0, 0.1) is 11.3 Å². The van der Waals surface area contributed by atoms with E-state index in [1.807, 2.05) is 0 Å². The van der Waals surface area contributed by atoms with Gasteiger partial charge in [-0.05, 0) is 32.7 Å². The third-order valence-corrected chi connectivity index (χ3v) is 2.70. The highest BCUT2D eigenvalue weighted by Gasteiger charge is 2.18. The topological polar surface area (TPSA) is 36.3 Å². The van der Waals surface area contributed by atoms with Gasteiger partial charge in [0.2, 0.25) is 0 Å². The zero-order chi connectivity index (χ0) is 10.2. The predicted molar refractivity (Wildman–Crippen MR) is 55.9 cm³/mol. The maximum atomic E-state index is 8.42. The van der Waals surface area contributed by atoms with Gasteiger partial charge < -0.3 is 9.64 Å². The second-order valence-corrected chi connectivity index (χ2v) is 3.76. The summed E-state index contributed by atoms with van der Waals surface area (Å²) in [7, 11) is 0.